The van der Waals surface area contributed by atoms with Crippen LogP contribution in [0.2, 0.25) is 0 Å². The highest BCUT2D eigenvalue weighted by molar-refractivity contribution is 5.67. The molecule has 0 radical (unpaired) electrons. The molecule has 2 atom stereocenters. The van der Waals surface area contributed by atoms with Crippen LogP contribution in [0, 0.1) is 17.6 Å². The summed E-state index contributed by atoms with van der Waals surface area (Å²) in [5, 5.41) is 0. The van der Waals surface area contributed by atoms with Crippen molar-refractivity contribution >= 4 is 5.57 Å². The number of allylic oxidation sites excluding steroid dienone is 3. The first-order valence-corrected chi connectivity index (χ1v) is 9.65. The minimum absolute atomic E-state index is 0.0974. The average Bonchev–Trinajstić information content (AvgIpc) is 3.48. The Labute approximate surface area is 154 Å². The van der Waals surface area contributed by atoms with Gasteiger partial charge in [-0.25, -0.2) is 8.78 Å². The fourth-order valence-corrected chi connectivity index (χ4v) is 3.53. The van der Waals surface area contributed by atoms with Crippen LogP contribution in [0.3, 0.4) is 0 Å². The Hall–Kier alpha value is -1.52. The van der Waals surface area contributed by atoms with Crippen LogP contribution in [-0.4, -0.2) is 19.3 Å². The van der Waals surface area contributed by atoms with Gasteiger partial charge in [0.1, 0.15) is 0 Å². The van der Waals surface area contributed by atoms with Gasteiger partial charge in [0, 0.05) is 17.7 Å². The number of hydrogen-bond acceptors (Lipinski definition) is 2. The summed E-state index contributed by atoms with van der Waals surface area (Å²) < 4.78 is 39.5. The van der Waals surface area contributed by atoms with Gasteiger partial charge in [0.15, 0.2) is 11.6 Å². The second kappa shape index (κ2) is 9.43. The van der Waals surface area contributed by atoms with Crippen molar-refractivity contribution in [2.75, 3.05) is 13.2 Å². The highest BCUT2D eigenvalue weighted by Gasteiger charge is 2.22. The van der Waals surface area contributed by atoms with E-state index in [1.165, 1.54) is 6.42 Å². The Morgan fingerprint density at radius 2 is 2.08 bits per heavy atom. The monoisotopic (exact) mass is 362 g/mol. The largest absolute Gasteiger partial charge is 0.377 e. The van der Waals surface area contributed by atoms with Gasteiger partial charge in [-0.1, -0.05) is 24.3 Å². The average molecular weight is 362 g/mol. The first kappa shape index (κ1) is 19.2. The number of halogens is 2. The lowest BCUT2D eigenvalue weighted by atomic mass is 9.83. The standard InChI is InChI=1S/C22H28F2O2/c1-2-3-4-5-16-6-8-17(9-7-16)20-11-10-18(21(23)22(20)24)14-25-13-12-19-15-26-19/h2,8,10-11,16,19H,1,3-7,9,12-15H2/t16?,19-/m1/s1. The molecule has 0 spiro atoms. The molecule has 1 fully saturated rings. The van der Waals surface area contributed by atoms with Gasteiger partial charge in [0.25, 0.3) is 0 Å². The van der Waals surface area contributed by atoms with E-state index in [1.807, 2.05) is 6.08 Å². The van der Waals surface area contributed by atoms with Gasteiger partial charge in [-0.15, -0.1) is 6.58 Å². The maximum Gasteiger partial charge on any atom is 0.166 e. The van der Waals surface area contributed by atoms with E-state index in [9.17, 15) is 8.78 Å². The predicted molar refractivity (Wildman–Crippen MR) is 99.7 cm³/mol. The van der Waals surface area contributed by atoms with Crippen LogP contribution < -0.4 is 0 Å². The second-order valence-electron chi connectivity index (χ2n) is 7.29. The number of unbranched alkanes of at least 4 members (excludes halogenated alkanes) is 1. The van der Waals surface area contributed by atoms with E-state index in [0.29, 0.717) is 18.1 Å². The van der Waals surface area contributed by atoms with Crippen molar-refractivity contribution in [3.05, 3.63) is 53.6 Å². The van der Waals surface area contributed by atoms with Gasteiger partial charge >= 0.3 is 0 Å². The van der Waals surface area contributed by atoms with Crippen molar-refractivity contribution in [3.8, 4) is 0 Å². The van der Waals surface area contributed by atoms with Crippen LogP contribution in [-0.2, 0) is 16.1 Å². The zero-order valence-electron chi connectivity index (χ0n) is 15.3. The Bertz CT molecular complexity index is 650. The van der Waals surface area contributed by atoms with Gasteiger partial charge in [-0.2, -0.15) is 0 Å². The highest BCUT2D eigenvalue weighted by Crippen LogP contribution is 2.34. The number of epoxide rings is 1. The summed E-state index contributed by atoms with van der Waals surface area (Å²) in [5.74, 6) is -0.873. The summed E-state index contributed by atoms with van der Waals surface area (Å²) in [4.78, 5) is 0. The summed E-state index contributed by atoms with van der Waals surface area (Å²) in [6.07, 6.45) is 11.3. The molecule has 4 heteroatoms. The fraction of sp³-hybridized carbons (Fsp3) is 0.545. The molecule has 1 aliphatic carbocycles. The van der Waals surface area contributed by atoms with Crippen LogP contribution >= 0.6 is 0 Å². The first-order chi connectivity index (χ1) is 12.7. The lowest BCUT2D eigenvalue weighted by Gasteiger charge is -2.22. The van der Waals surface area contributed by atoms with E-state index < -0.39 is 11.6 Å². The molecule has 1 unspecified atom stereocenters. The molecule has 0 bridgehead atoms. The second-order valence-corrected chi connectivity index (χ2v) is 7.29. The molecule has 142 valence electrons. The topological polar surface area (TPSA) is 21.8 Å². The molecule has 0 N–H and O–H groups in total. The van der Waals surface area contributed by atoms with Gasteiger partial charge in [0.05, 0.1) is 19.3 Å². The summed E-state index contributed by atoms with van der Waals surface area (Å²) in [6.45, 7) is 5.14. The van der Waals surface area contributed by atoms with Crippen LogP contribution in [0.4, 0.5) is 8.78 Å². The maximum absolute atomic E-state index is 14.5. The van der Waals surface area contributed by atoms with E-state index in [4.69, 9.17) is 9.47 Å². The predicted octanol–water partition coefficient (Wildman–Crippen LogP) is 5.81. The van der Waals surface area contributed by atoms with E-state index in [2.05, 4.69) is 12.7 Å². The third kappa shape index (κ3) is 5.24. The molecule has 1 heterocycles. The van der Waals surface area contributed by atoms with Gasteiger partial charge in [-0.3, -0.25) is 0 Å². The number of ether oxygens (including phenoxy) is 2. The van der Waals surface area contributed by atoms with E-state index in [1.54, 1.807) is 12.1 Å². The quantitative estimate of drug-likeness (QED) is 0.298. The molecule has 1 saturated heterocycles. The molecule has 0 amide bonds. The molecular weight excluding hydrogens is 334 g/mol. The lowest BCUT2D eigenvalue weighted by Crippen LogP contribution is -2.08. The molecule has 0 aromatic heterocycles. The van der Waals surface area contributed by atoms with Crippen molar-refractivity contribution in [3.63, 3.8) is 0 Å². The highest BCUT2D eigenvalue weighted by atomic mass is 19.2. The Kier molecular flexibility index (Phi) is 6.98. The minimum atomic E-state index is -0.779. The molecule has 26 heavy (non-hydrogen) atoms. The zero-order valence-corrected chi connectivity index (χ0v) is 15.3. The Balaban J connectivity index is 1.56. The fourth-order valence-electron chi connectivity index (χ4n) is 3.53. The number of hydrogen-bond donors (Lipinski definition) is 0. The van der Waals surface area contributed by atoms with Crippen LogP contribution in [0.1, 0.15) is 56.1 Å². The molecule has 2 aliphatic rings. The number of rotatable bonds is 10. The summed E-state index contributed by atoms with van der Waals surface area (Å²) in [5.41, 5.74) is 1.61. The van der Waals surface area contributed by atoms with E-state index >= 15 is 0 Å². The van der Waals surface area contributed by atoms with E-state index in [-0.39, 0.29) is 18.3 Å². The molecule has 2 nitrogen and oxygen atoms in total. The normalized spacial score (nSPS) is 22.2. The molecule has 1 aromatic carbocycles. The van der Waals surface area contributed by atoms with Crippen molar-refractivity contribution in [1.82, 2.24) is 0 Å². The van der Waals surface area contributed by atoms with Crippen LogP contribution in [0.25, 0.3) is 5.57 Å². The molecule has 1 aliphatic heterocycles. The van der Waals surface area contributed by atoms with Gasteiger partial charge in [0.2, 0.25) is 0 Å². The molecule has 0 saturated carbocycles. The SMILES string of the molecule is C=CCCCC1CC=C(c2ccc(COCC[C@@H]3CO3)c(F)c2F)CC1. The number of benzene rings is 1. The van der Waals surface area contributed by atoms with Crippen molar-refractivity contribution < 1.29 is 18.3 Å². The van der Waals surface area contributed by atoms with Gasteiger partial charge in [-0.05, 0) is 56.4 Å². The molecule has 1 aromatic rings. The van der Waals surface area contributed by atoms with Crippen LogP contribution in [0.15, 0.2) is 30.9 Å². The summed E-state index contributed by atoms with van der Waals surface area (Å²) in [7, 11) is 0. The van der Waals surface area contributed by atoms with Crippen LogP contribution in [0.5, 0.6) is 0 Å². The third-order valence-electron chi connectivity index (χ3n) is 5.29. The molecular formula is C22H28F2O2. The third-order valence-corrected chi connectivity index (χ3v) is 5.29. The lowest BCUT2D eigenvalue weighted by molar-refractivity contribution is 0.110. The Morgan fingerprint density at radius 3 is 2.77 bits per heavy atom. The Morgan fingerprint density at radius 1 is 1.23 bits per heavy atom. The van der Waals surface area contributed by atoms with Crippen molar-refractivity contribution in [2.24, 2.45) is 5.92 Å². The summed E-state index contributed by atoms with van der Waals surface area (Å²) >= 11 is 0. The zero-order chi connectivity index (χ0) is 18.4. The van der Waals surface area contributed by atoms with Crippen molar-refractivity contribution in [1.29, 1.82) is 0 Å². The van der Waals surface area contributed by atoms with Gasteiger partial charge < -0.3 is 9.47 Å². The van der Waals surface area contributed by atoms with Crippen molar-refractivity contribution in [2.45, 2.75) is 57.7 Å². The van der Waals surface area contributed by atoms with E-state index in [0.717, 1.165) is 50.7 Å². The molecule has 3 rings (SSSR count). The summed E-state index contributed by atoms with van der Waals surface area (Å²) in [6, 6.07) is 3.35. The first-order valence-electron chi connectivity index (χ1n) is 9.65. The smallest absolute Gasteiger partial charge is 0.166 e. The minimum Gasteiger partial charge on any atom is -0.377 e. The maximum atomic E-state index is 14.5.